The number of carbonyl (C=O) groups excluding carboxylic acids is 1. The summed E-state index contributed by atoms with van der Waals surface area (Å²) in [5.74, 6) is 0.740. The van der Waals surface area contributed by atoms with Crippen molar-refractivity contribution < 1.29 is 15.0 Å². The molecule has 2 fully saturated rings. The molecular formula is C29H34ClN3O3. The van der Waals surface area contributed by atoms with Crippen LogP contribution >= 0.6 is 11.6 Å². The highest BCUT2D eigenvalue weighted by Crippen LogP contribution is 2.39. The zero-order valence-electron chi connectivity index (χ0n) is 20.9. The Bertz CT molecular complexity index is 1280. The normalized spacial score (nSPS) is 20.1. The third-order valence-electron chi connectivity index (χ3n) is 7.84. The first-order valence-electron chi connectivity index (χ1n) is 12.9. The first-order chi connectivity index (χ1) is 17.4. The number of pyridine rings is 1. The van der Waals surface area contributed by atoms with Gasteiger partial charge in [-0.25, -0.2) is 0 Å². The van der Waals surface area contributed by atoms with Crippen LogP contribution in [0.5, 0.6) is 5.75 Å². The molecule has 6 nitrogen and oxygen atoms in total. The Morgan fingerprint density at radius 3 is 2.50 bits per heavy atom. The van der Waals surface area contributed by atoms with Crippen molar-refractivity contribution >= 4 is 34.0 Å². The van der Waals surface area contributed by atoms with Crippen molar-refractivity contribution in [3.8, 4) is 16.9 Å². The van der Waals surface area contributed by atoms with E-state index in [4.69, 9.17) is 11.6 Å². The van der Waals surface area contributed by atoms with Gasteiger partial charge in [-0.1, -0.05) is 17.7 Å². The number of ketones is 1. The van der Waals surface area contributed by atoms with Crippen LogP contribution in [-0.2, 0) is 6.61 Å². The van der Waals surface area contributed by atoms with E-state index in [1.807, 2.05) is 18.2 Å². The molecule has 2 saturated carbocycles. The number of nitrogens with zero attached hydrogens (tertiary/aromatic N) is 2. The van der Waals surface area contributed by atoms with E-state index in [9.17, 15) is 15.0 Å². The summed E-state index contributed by atoms with van der Waals surface area (Å²) in [5.41, 5.74) is 4.39. The zero-order valence-corrected chi connectivity index (χ0v) is 21.7. The molecule has 0 bridgehead atoms. The number of aliphatic hydroxyl groups is 1. The number of anilines is 1. The van der Waals surface area contributed by atoms with Gasteiger partial charge in [0.1, 0.15) is 5.75 Å². The fraction of sp³-hybridized carbons (Fsp3) is 0.448. The lowest BCUT2D eigenvalue weighted by Gasteiger charge is -2.33. The number of rotatable bonds is 8. The van der Waals surface area contributed by atoms with Crippen LogP contribution in [0.25, 0.3) is 22.0 Å². The minimum atomic E-state index is -0.308. The molecule has 190 valence electrons. The lowest BCUT2D eigenvalue weighted by Crippen LogP contribution is -2.33. The summed E-state index contributed by atoms with van der Waals surface area (Å²) in [6.07, 6.45) is 8.36. The van der Waals surface area contributed by atoms with Crippen LogP contribution in [0.4, 0.5) is 5.69 Å². The highest BCUT2D eigenvalue weighted by molar-refractivity contribution is 6.32. The van der Waals surface area contributed by atoms with Gasteiger partial charge in [0.15, 0.2) is 5.78 Å². The van der Waals surface area contributed by atoms with Crippen molar-refractivity contribution in [3.05, 3.63) is 52.7 Å². The van der Waals surface area contributed by atoms with Gasteiger partial charge in [0, 0.05) is 35.7 Å². The van der Waals surface area contributed by atoms with Crippen molar-refractivity contribution in [2.75, 3.05) is 26.0 Å². The molecule has 0 atom stereocenters. The van der Waals surface area contributed by atoms with E-state index in [1.54, 1.807) is 18.3 Å². The second-order valence-electron chi connectivity index (χ2n) is 10.6. The van der Waals surface area contributed by atoms with E-state index in [2.05, 4.69) is 29.3 Å². The summed E-state index contributed by atoms with van der Waals surface area (Å²) in [7, 11) is 4.31. The SMILES string of the molecule is CN(C)[C@H]1CC[C@H](CNc2c(C(=O)C3CC3)cnc3ccc(-c4cc(Cl)c(O)c(CO)c4)cc23)CC1. The summed E-state index contributed by atoms with van der Waals surface area (Å²) in [5, 5.41) is 24.5. The number of Topliss-reactive ketones (excluding diaryl/α,β-unsaturated/α-hetero) is 1. The Hall–Kier alpha value is -2.67. The Morgan fingerprint density at radius 1 is 1.08 bits per heavy atom. The molecule has 0 spiro atoms. The van der Waals surface area contributed by atoms with Crippen LogP contribution in [0.2, 0.25) is 5.02 Å². The standard InChI is InChI=1S/C29H34ClN3O3/c1-33(2)22-8-3-17(4-9-22)14-32-27-23-12-19(20-11-21(16-34)29(36)25(30)13-20)7-10-26(23)31-15-24(27)28(35)18-5-6-18/h7,10-13,15,17-18,22,34,36H,3-6,8-9,14,16H2,1-2H3,(H,31,32)/t17-,22-. The summed E-state index contributed by atoms with van der Waals surface area (Å²) in [6, 6.07) is 10.0. The second kappa shape index (κ2) is 10.4. The average molecular weight is 508 g/mol. The number of hydrogen-bond donors (Lipinski definition) is 3. The van der Waals surface area contributed by atoms with Gasteiger partial charge in [-0.3, -0.25) is 9.78 Å². The minimum absolute atomic E-state index is 0.103. The summed E-state index contributed by atoms with van der Waals surface area (Å²) >= 11 is 6.24. The number of aromatic hydroxyl groups is 1. The van der Waals surface area contributed by atoms with Gasteiger partial charge in [-0.2, -0.15) is 0 Å². The molecule has 2 aromatic carbocycles. The highest BCUT2D eigenvalue weighted by atomic mass is 35.5. The Kier molecular flexibility index (Phi) is 7.20. The second-order valence-corrected chi connectivity index (χ2v) is 11.0. The van der Waals surface area contributed by atoms with Crippen molar-refractivity contribution in [3.63, 3.8) is 0 Å². The summed E-state index contributed by atoms with van der Waals surface area (Å²) < 4.78 is 0. The molecule has 0 saturated heterocycles. The summed E-state index contributed by atoms with van der Waals surface area (Å²) in [6.45, 7) is 0.519. The maximum absolute atomic E-state index is 13.2. The van der Waals surface area contributed by atoms with Gasteiger partial charge in [0.2, 0.25) is 0 Å². The van der Waals surface area contributed by atoms with Gasteiger partial charge in [0.05, 0.1) is 28.4 Å². The van der Waals surface area contributed by atoms with E-state index in [-0.39, 0.29) is 29.1 Å². The number of hydrogen-bond acceptors (Lipinski definition) is 6. The fourth-order valence-corrected chi connectivity index (χ4v) is 5.61. The third kappa shape index (κ3) is 5.08. The van der Waals surface area contributed by atoms with Crippen molar-refractivity contribution in [2.45, 2.75) is 51.2 Å². The lowest BCUT2D eigenvalue weighted by atomic mass is 9.85. The maximum Gasteiger partial charge on any atom is 0.169 e. The Balaban J connectivity index is 1.50. The molecule has 2 aliphatic carbocycles. The molecule has 0 radical (unpaired) electrons. The number of aromatic nitrogens is 1. The lowest BCUT2D eigenvalue weighted by molar-refractivity contribution is 0.0968. The molecule has 3 aromatic rings. The number of benzene rings is 2. The van der Waals surface area contributed by atoms with Gasteiger partial charge >= 0.3 is 0 Å². The number of carbonyl (C=O) groups is 1. The molecule has 0 unspecified atom stereocenters. The largest absolute Gasteiger partial charge is 0.506 e. The zero-order chi connectivity index (χ0) is 25.4. The quantitative estimate of drug-likeness (QED) is 0.330. The van der Waals surface area contributed by atoms with E-state index in [1.165, 1.54) is 25.7 Å². The number of halogens is 1. The van der Waals surface area contributed by atoms with Gasteiger partial charge in [0.25, 0.3) is 0 Å². The molecule has 0 amide bonds. The van der Waals surface area contributed by atoms with E-state index in [0.717, 1.165) is 47.1 Å². The molecule has 1 aromatic heterocycles. The van der Waals surface area contributed by atoms with E-state index >= 15 is 0 Å². The minimum Gasteiger partial charge on any atom is -0.506 e. The van der Waals surface area contributed by atoms with Crippen LogP contribution in [0.15, 0.2) is 36.5 Å². The predicted octanol–water partition coefficient (Wildman–Crippen LogP) is 5.88. The first kappa shape index (κ1) is 25.0. The molecular weight excluding hydrogens is 474 g/mol. The topological polar surface area (TPSA) is 85.7 Å². The maximum atomic E-state index is 13.2. The van der Waals surface area contributed by atoms with E-state index in [0.29, 0.717) is 23.1 Å². The summed E-state index contributed by atoms with van der Waals surface area (Å²) in [4.78, 5) is 20.2. The molecule has 36 heavy (non-hydrogen) atoms. The smallest absolute Gasteiger partial charge is 0.169 e. The molecule has 3 N–H and O–H groups in total. The van der Waals surface area contributed by atoms with Gasteiger partial charge in [-0.15, -0.1) is 0 Å². The highest BCUT2D eigenvalue weighted by Gasteiger charge is 2.33. The van der Waals surface area contributed by atoms with Crippen LogP contribution in [-0.4, -0.2) is 52.6 Å². The first-order valence-corrected chi connectivity index (χ1v) is 13.2. The van der Waals surface area contributed by atoms with Crippen LogP contribution in [0, 0.1) is 11.8 Å². The van der Waals surface area contributed by atoms with Gasteiger partial charge < -0.3 is 20.4 Å². The monoisotopic (exact) mass is 507 g/mol. The Morgan fingerprint density at radius 2 is 1.83 bits per heavy atom. The van der Waals surface area contributed by atoms with Crippen LogP contribution < -0.4 is 5.32 Å². The molecule has 0 aliphatic heterocycles. The van der Waals surface area contributed by atoms with Crippen LogP contribution in [0.1, 0.15) is 54.4 Å². The molecule has 1 heterocycles. The van der Waals surface area contributed by atoms with Crippen molar-refractivity contribution in [2.24, 2.45) is 11.8 Å². The molecule has 5 rings (SSSR count). The average Bonchev–Trinajstić information content (AvgIpc) is 3.74. The molecule has 7 heteroatoms. The number of nitrogens with one attached hydrogen (secondary N) is 1. The van der Waals surface area contributed by atoms with Crippen LogP contribution in [0.3, 0.4) is 0 Å². The fourth-order valence-electron chi connectivity index (χ4n) is 5.37. The predicted molar refractivity (Wildman–Crippen MR) is 145 cm³/mol. The van der Waals surface area contributed by atoms with Crippen molar-refractivity contribution in [1.82, 2.24) is 9.88 Å². The molecule has 2 aliphatic rings. The Labute approximate surface area is 217 Å². The number of phenols is 1. The third-order valence-corrected chi connectivity index (χ3v) is 8.13. The van der Waals surface area contributed by atoms with Gasteiger partial charge in [-0.05, 0) is 93.9 Å². The van der Waals surface area contributed by atoms with E-state index < -0.39 is 0 Å². The number of aliphatic hydroxyl groups excluding tert-OH is 1. The van der Waals surface area contributed by atoms with Crippen molar-refractivity contribution in [1.29, 1.82) is 0 Å². The number of fused-ring (bicyclic) bond motifs is 1.